The lowest BCUT2D eigenvalue weighted by molar-refractivity contribution is 0.668. The molecule has 2 heterocycles. The predicted octanol–water partition coefficient (Wildman–Crippen LogP) is 13.4. The zero-order chi connectivity index (χ0) is 32.3. The number of nitrogens with zero attached hydrogens (tertiary/aromatic N) is 1. The Hall–Kier alpha value is -6.58. The van der Waals surface area contributed by atoms with Crippen LogP contribution in [-0.2, 0) is 0 Å². The summed E-state index contributed by atoms with van der Waals surface area (Å²) in [7, 11) is 0. The summed E-state index contributed by atoms with van der Waals surface area (Å²) in [5.41, 5.74) is 11.3. The van der Waals surface area contributed by atoms with Crippen molar-refractivity contribution in [2.45, 2.75) is 0 Å². The first-order valence-corrected chi connectivity index (χ1v) is 16.6. The van der Waals surface area contributed by atoms with Gasteiger partial charge in [-0.3, -0.25) is 0 Å². The highest BCUT2D eigenvalue weighted by Gasteiger charge is 2.22. The van der Waals surface area contributed by atoms with Crippen molar-refractivity contribution in [2.75, 3.05) is 4.90 Å². The third-order valence-corrected chi connectivity index (χ3v) is 9.68. The number of hydrogen-bond donors (Lipinski definition) is 0. The first-order valence-electron chi connectivity index (χ1n) is 16.6. The van der Waals surface area contributed by atoms with Gasteiger partial charge in [0.25, 0.3) is 0 Å². The van der Waals surface area contributed by atoms with Crippen LogP contribution in [0.2, 0.25) is 0 Å². The number of para-hydroxylation sites is 4. The molecule has 0 saturated heterocycles. The molecule has 0 amide bonds. The fraction of sp³-hybridized carbons (Fsp3) is 0. The van der Waals surface area contributed by atoms with E-state index in [9.17, 15) is 0 Å². The maximum Gasteiger partial charge on any atom is 0.137 e. The quantitative estimate of drug-likeness (QED) is 0.190. The molecule has 2 aromatic heterocycles. The van der Waals surface area contributed by atoms with Crippen molar-refractivity contribution in [3.63, 3.8) is 0 Å². The van der Waals surface area contributed by atoms with E-state index < -0.39 is 0 Å². The highest BCUT2D eigenvalue weighted by molar-refractivity contribution is 6.09. The Morgan fingerprint density at radius 2 is 0.878 bits per heavy atom. The Labute approximate surface area is 282 Å². The molecule has 0 bridgehead atoms. The summed E-state index contributed by atoms with van der Waals surface area (Å²) in [5.74, 6) is 0. The van der Waals surface area contributed by atoms with Gasteiger partial charge in [-0.1, -0.05) is 121 Å². The Kier molecular flexibility index (Phi) is 6.18. The molecule has 0 saturated carbocycles. The summed E-state index contributed by atoms with van der Waals surface area (Å²) in [6.07, 6.45) is 0. The molecule has 0 N–H and O–H groups in total. The lowest BCUT2D eigenvalue weighted by Gasteiger charge is -2.30. The minimum absolute atomic E-state index is 0.857. The zero-order valence-corrected chi connectivity index (χ0v) is 26.5. The largest absolute Gasteiger partial charge is 0.456 e. The maximum atomic E-state index is 6.45. The smallest absolute Gasteiger partial charge is 0.137 e. The molecule has 10 rings (SSSR count). The average Bonchev–Trinajstić information content (AvgIpc) is 3.73. The second-order valence-corrected chi connectivity index (χ2v) is 12.5. The van der Waals surface area contributed by atoms with E-state index in [1.165, 1.54) is 16.3 Å². The van der Waals surface area contributed by atoms with E-state index in [0.717, 1.165) is 77.6 Å². The summed E-state index contributed by atoms with van der Waals surface area (Å²) >= 11 is 0. The topological polar surface area (TPSA) is 29.5 Å². The van der Waals surface area contributed by atoms with Gasteiger partial charge in [0.15, 0.2) is 0 Å². The molecule has 0 aliphatic rings. The third-order valence-electron chi connectivity index (χ3n) is 9.68. The Morgan fingerprint density at radius 3 is 1.69 bits per heavy atom. The molecule has 0 atom stereocenters. The van der Waals surface area contributed by atoms with Gasteiger partial charge in [0.05, 0.1) is 11.4 Å². The van der Waals surface area contributed by atoms with Crippen LogP contribution in [0.25, 0.3) is 76.9 Å². The highest BCUT2D eigenvalue weighted by Crippen LogP contribution is 2.47. The van der Waals surface area contributed by atoms with Crippen LogP contribution in [0.1, 0.15) is 0 Å². The molecule has 0 aliphatic carbocycles. The van der Waals surface area contributed by atoms with Crippen LogP contribution in [0.3, 0.4) is 0 Å². The molecule has 49 heavy (non-hydrogen) atoms. The van der Waals surface area contributed by atoms with E-state index in [1.54, 1.807) is 0 Å². The molecule has 8 aromatic carbocycles. The molecule has 10 aromatic rings. The fourth-order valence-electron chi connectivity index (χ4n) is 7.42. The summed E-state index contributed by atoms with van der Waals surface area (Å²) in [6.45, 7) is 0. The molecule has 0 spiro atoms. The van der Waals surface area contributed by atoms with Gasteiger partial charge in [-0.2, -0.15) is 0 Å². The van der Waals surface area contributed by atoms with Crippen LogP contribution in [0.15, 0.2) is 185 Å². The molecular weight excluding hydrogens is 599 g/mol. The normalized spacial score (nSPS) is 11.7. The Bertz CT molecular complexity index is 2850. The minimum Gasteiger partial charge on any atom is -0.456 e. The van der Waals surface area contributed by atoms with E-state index in [1.807, 2.05) is 24.3 Å². The molecule has 0 fully saturated rings. The standard InChI is InChI=1S/C46H29NO2/c1-2-14-33-30(12-1)13-11-19-35(33)36-16-4-8-21-42(36)47(32-25-26-39-37-17-5-9-22-43(37)49-46(39)29-32)41-20-7-3-15-34(41)31-24-27-45-40(28-31)38-18-6-10-23-44(38)48-45/h1-29H. The highest BCUT2D eigenvalue weighted by atomic mass is 16.3. The van der Waals surface area contributed by atoms with Crippen LogP contribution in [-0.4, -0.2) is 0 Å². The molecule has 0 unspecified atom stereocenters. The van der Waals surface area contributed by atoms with E-state index in [0.29, 0.717) is 0 Å². The summed E-state index contributed by atoms with van der Waals surface area (Å²) in [5, 5.41) is 6.88. The monoisotopic (exact) mass is 627 g/mol. The molecule has 0 radical (unpaired) electrons. The van der Waals surface area contributed by atoms with Gasteiger partial charge >= 0.3 is 0 Å². The van der Waals surface area contributed by atoms with Gasteiger partial charge in [-0.15, -0.1) is 0 Å². The summed E-state index contributed by atoms with van der Waals surface area (Å²) < 4.78 is 12.7. The Morgan fingerprint density at radius 1 is 0.327 bits per heavy atom. The van der Waals surface area contributed by atoms with Crippen LogP contribution >= 0.6 is 0 Å². The summed E-state index contributed by atoms with van der Waals surface area (Å²) in [6, 6.07) is 62.2. The van der Waals surface area contributed by atoms with Crippen molar-refractivity contribution in [3.8, 4) is 22.3 Å². The van der Waals surface area contributed by atoms with Crippen molar-refractivity contribution < 1.29 is 8.83 Å². The van der Waals surface area contributed by atoms with Gasteiger partial charge in [0, 0.05) is 44.4 Å². The van der Waals surface area contributed by atoms with Crippen molar-refractivity contribution in [2.24, 2.45) is 0 Å². The second kappa shape index (κ2) is 11.0. The zero-order valence-electron chi connectivity index (χ0n) is 26.5. The Balaban J connectivity index is 1.24. The van der Waals surface area contributed by atoms with Gasteiger partial charge in [0.2, 0.25) is 0 Å². The molecular formula is C46H29NO2. The van der Waals surface area contributed by atoms with Gasteiger partial charge in [-0.05, 0) is 70.4 Å². The number of fused-ring (bicyclic) bond motifs is 7. The first-order chi connectivity index (χ1) is 24.3. The lowest BCUT2D eigenvalue weighted by atomic mass is 9.95. The van der Waals surface area contributed by atoms with Crippen LogP contribution in [0.5, 0.6) is 0 Å². The van der Waals surface area contributed by atoms with E-state index in [2.05, 4.69) is 157 Å². The van der Waals surface area contributed by atoms with Crippen LogP contribution in [0.4, 0.5) is 17.1 Å². The number of rotatable bonds is 5. The average molecular weight is 628 g/mol. The predicted molar refractivity (Wildman–Crippen MR) is 204 cm³/mol. The van der Waals surface area contributed by atoms with Crippen molar-refractivity contribution in [3.05, 3.63) is 176 Å². The molecule has 0 aliphatic heterocycles. The SMILES string of the molecule is c1ccc(N(c2ccc3c(c2)oc2ccccc23)c2ccccc2-c2cccc3ccccc23)c(-c2ccc3oc4ccccc4c3c2)c1. The van der Waals surface area contributed by atoms with Gasteiger partial charge in [-0.25, -0.2) is 0 Å². The van der Waals surface area contributed by atoms with E-state index >= 15 is 0 Å². The van der Waals surface area contributed by atoms with E-state index in [4.69, 9.17) is 8.83 Å². The third kappa shape index (κ3) is 4.44. The first kappa shape index (κ1) is 27.5. The van der Waals surface area contributed by atoms with Crippen LogP contribution < -0.4 is 4.90 Å². The second-order valence-electron chi connectivity index (χ2n) is 12.5. The maximum absolute atomic E-state index is 6.45. The van der Waals surface area contributed by atoms with E-state index in [-0.39, 0.29) is 0 Å². The van der Waals surface area contributed by atoms with Gasteiger partial charge in [0.1, 0.15) is 22.3 Å². The fourth-order valence-corrected chi connectivity index (χ4v) is 7.42. The number of furan rings is 2. The van der Waals surface area contributed by atoms with Crippen molar-refractivity contribution >= 4 is 71.7 Å². The number of anilines is 3. The molecule has 3 heteroatoms. The van der Waals surface area contributed by atoms with Crippen molar-refractivity contribution in [1.29, 1.82) is 0 Å². The van der Waals surface area contributed by atoms with Crippen molar-refractivity contribution in [1.82, 2.24) is 0 Å². The van der Waals surface area contributed by atoms with Gasteiger partial charge < -0.3 is 13.7 Å². The van der Waals surface area contributed by atoms with Crippen LogP contribution in [0, 0.1) is 0 Å². The number of hydrogen-bond acceptors (Lipinski definition) is 3. The molecule has 3 nitrogen and oxygen atoms in total. The molecule has 230 valence electrons. The number of benzene rings is 8. The summed E-state index contributed by atoms with van der Waals surface area (Å²) in [4.78, 5) is 2.39. The minimum atomic E-state index is 0.857. The lowest BCUT2D eigenvalue weighted by Crippen LogP contribution is -2.12.